The molecule has 0 aliphatic carbocycles. The highest BCUT2D eigenvalue weighted by atomic mass is 35.5. The highest BCUT2D eigenvalue weighted by Crippen LogP contribution is 2.21. The molecule has 14 heavy (non-hydrogen) atoms. The molecule has 0 bridgehead atoms. The number of pyridine rings is 1. The Labute approximate surface area is 91.7 Å². The van der Waals surface area contributed by atoms with Crippen molar-refractivity contribution in [2.75, 3.05) is 0 Å². The van der Waals surface area contributed by atoms with Gasteiger partial charge in [0.1, 0.15) is 0 Å². The molecule has 72 valence electrons. The van der Waals surface area contributed by atoms with Gasteiger partial charge in [-0.2, -0.15) is 4.37 Å². The van der Waals surface area contributed by atoms with Gasteiger partial charge in [-0.15, -0.1) is 0 Å². The number of hydrogen-bond acceptors (Lipinski definition) is 6. The highest BCUT2D eigenvalue weighted by molar-refractivity contribution is 7.66. The number of aromatic hydroxyl groups is 1. The summed E-state index contributed by atoms with van der Waals surface area (Å²) in [5.74, 6) is 0.285. The Hall–Kier alpha value is -0.980. The van der Waals surface area contributed by atoms with Crippen LogP contribution in [0.3, 0.4) is 0 Å². The van der Waals surface area contributed by atoms with Gasteiger partial charge in [-0.25, -0.2) is 9.98 Å². The summed E-state index contributed by atoms with van der Waals surface area (Å²) >= 11 is 5.75. The van der Waals surface area contributed by atoms with Crippen LogP contribution >= 0.6 is 32.5 Å². The predicted octanol–water partition coefficient (Wildman–Crippen LogP) is 2.19. The van der Waals surface area contributed by atoms with E-state index < -0.39 is 0 Å². The maximum atomic E-state index is 9.39. The van der Waals surface area contributed by atoms with Crippen molar-refractivity contribution in [2.24, 2.45) is 4.99 Å². The van der Waals surface area contributed by atoms with Crippen molar-refractivity contribution in [3.63, 3.8) is 0 Å². The normalized spacial score (nSPS) is 11.9. The first kappa shape index (κ1) is 9.57. The predicted molar refractivity (Wildman–Crippen MR) is 56.1 cm³/mol. The Bertz CT molecular complexity index is 507. The van der Waals surface area contributed by atoms with Gasteiger partial charge in [0.05, 0.1) is 0 Å². The van der Waals surface area contributed by atoms with E-state index in [1.807, 2.05) is 0 Å². The van der Waals surface area contributed by atoms with Crippen molar-refractivity contribution >= 4 is 38.3 Å². The topological polar surface area (TPSA) is 58.4 Å². The standard InChI is InChI=1S/C7H4ClN3OS2/c8-5-7(13-14-11-5)10-6-4(12)2-1-3-9-6/h1-3,12H/b10-7-. The lowest BCUT2D eigenvalue weighted by atomic mass is 10.4. The lowest BCUT2D eigenvalue weighted by molar-refractivity contribution is 0.474. The van der Waals surface area contributed by atoms with Crippen LogP contribution in [0.1, 0.15) is 0 Å². The monoisotopic (exact) mass is 245 g/mol. The molecule has 2 rings (SSSR count). The molecular formula is C7H4ClN3OS2. The highest BCUT2D eigenvalue weighted by Gasteiger charge is 2.01. The Kier molecular flexibility index (Phi) is 2.76. The van der Waals surface area contributed by atoms with E-state index in [1.54, 1.807) is 12.3 Å². The van der Waals surface area contributed by atoms with E-state index in [4.69, 9.17) is 11.6 Å². The van der Waals surface area contributed by atoms with Crippen molar-refractivity contribution in [3.8, 4) is 5.75 Å². The van der Waals surface area contributed by atoms with Crippen LogP contribution in [-0.4, -0.2) is 14.5 Å². The molecule has 2 heterocycles. The minimum Gasteiger partial charge on any atom is -0.504 e. The summed E-state index contributed by atoms with van der Waals surface area (Å²) in [4.78, 5) is 7.98. The summed E-state index contributed by atoms with van der Waals surface area (Å²) in [5.41, 5.74) is 0. The Morgan fingerprint density at radius 1 is 1.50 bits per heavy atom. The van der Waals surface area contributed by atoms with E-state index in [9.17, 15) is 5.11 Å². The van der Waals surface area contributed by atoms with Gasteiger partial charge in [0.25, 0.3) is 0 Å². The summed E-state index contributed by atoms with van der Waals surface area (Å²) in [6, 6.07) is 3.15. The Morgan fingerprint density at radius 3 is 3.00 bits per heavy atom. The summed E-state index contributed by atoms with van der Waals surface area (Å²) in [7, 11) is 2.58. The first-order valence-electron chi connectivity index (χ1n) is 3.57. The molecule has 0 saturated carbocycles. The minimum absolute atomic E-state index is 0.0296. The van der Waals surface area contributed by atoms with Gasteiger partial charge >= 0.3 is 0 Å². The average Bonchev–Trinajstić information content (AvgIpc) is 2.56. The molecule has 0 unspecified atom stereocenters. The summed E-state index contributed by atoms with van der Waals surface area (Å²) < 4.78 is 4.43. The van der Waals surface area contributed by atoms with E-state index >= 15 is 0 Å². The number of rotatable bonds is 1. The smallest absolute Gasteiger partial charge is 0.196 e. The van der Waals surface area contributed by atoms with E-state index in [0.29, 0.717) is 9.82 Å². The van der Waals surface area contributed by atoms with Gasteiger partial charge in [0.2, 0.25) is 0 Å². The molecule has 0 amide bonds. The Balaban J connectivity index is 2.54. The minimum atomic E-state index is 0.0296. The second kappa shape index (κ2) is 4.04. The average molecular weight is 246 g/mol. The number of hydrogen-bond donors (Lipinski definition) is 1. The van der Waals surface area contributed by atoms with Crippen molar-refractivity contribution in [2.45, 2.75) is 0 Å². The van der Waals surface area contributed by atoms with Gasteiger partial charge in [0.15, 0.2) is 21.4 Å². The lowest BCUT2D eigenvalue weighted by Crippen LogP contribution is -1.93. The van der Waals surface area contributed by atoms with Gasteiger partial charge in [-0.05, 0) is 22.5 Å². The van der Waals surface area contributed by atoms with Crippen LogP contribution < -0.4 is 4.67 Å². The molecular weight excluding hydrogens is 242 g/mol. The number of halogens is 1. The third-order valence-corrected chi connectivity index (χ3v) is 3.55. The fourth-order valence-electron chi connectivity index (χ4n) is 0.796. The van der Waals surface area contributed by atoms with Gasteiger partial charge in [-0.1, -0.05) is 11.6 Å². The third kappa shape index (κ3) is 1.92. The molecule has 2 aromatic heterocycles. The fraction of sp³-hybridized carbons (Fsp3) is 0. The van der Waals surface area contributed by atoms with E-state index in [2.05, 4.69) is 14.3 Å². The third-order valence-electron chi connectivity index (χ3n) is 1.38. The maximum absolute atomic E-state index is 9.39. The molecule has 0 radical (unpaired) electrons. The van der Waals surface area contributed by atoms with E-state index in [1.165, 1.54) is 26.9 Å². The largest absolute Gasteiger partial charge is 0.504 e. The first-order chi connectivity index (χ1) is 6.77. The van der Waals surface area contributed by atoms with Crippen molar-refractivity contribution in [3.05, 3.63) is 28.2 Å². The van der Waals surface area contributed by atoms with Crippen LogP contribution in [0, 0.1) is 0 Å². The van der Waals surface area contributed by atoms with Crippen LogP contribution in [-0.2, 0) is 0 Å². The van der Waals surface area contributed by atoms with Crippen molar-refractivity contribution in [1.29, 1.82) is 0 Å². The van der Waals surface area contributed by atoms with E-state index in [0.717, 1.165) is 0 Å². The number of aromatic nitrogens is 2. The van der Waals surface area contributed by atoms with Crippen molar-refractivity contribution in [1.82, 2.24) is 9.36 Å². The quantitative estimate of drug-likeness (QED) is 0.784. The zero-order valence-electron chi connectivity index (χ0n) is 6.72. The SMILES string of the molecule is Oc1cccnc1/N=c1\ssnc1Cl. The molecule has 2 aromatic rings. The molecule has 0 aliphatic heterocycles. The zero-order valence-corrected chi connectivity index (χ0v) is 9.10. The molecule has 7 heteroatoms. The lowest BCUT2D eigenvalue weighted by Gasteiger charge is -1.93. The van der Waals surface area contributed by atoms with Crippen LogP contribution in [0.4, 0.5) is 5.82 Å². The summed E-state index contributed by atoms with van der Waals surface area (Å²) in [6.07, 6.45) is 1.55. The second-order valence-electron chi connectivity index (χ2n) is 2.30. The number of nitrogens with zero attached hydrogens (tertiary/aromatic N) is 3. The summed E-state index contributed by atoms with van der Waals surface area (Å²) in [6.45, 7) is 0. The molecule has 4 nitrogen and oxygen atoms in total. The maximum Gasteiger partial charge on any atom is 0.196 e. The molecule has 0 spiro atoms. The zero-order chi connectivity index (χ0) is 9.97. The molecule has 0 aliphatic rings. The van der Waals surface area contributed by atoms with Gasteiger partial charge in [-0.3, -0.25) is 0 Å². The Morgan fingerprint density at radius 2 is 2.36 bits per heavy atom. The fourth-order valence-corrected chi connectivity index (χ4v) is 2.77. The first-order valence-corrected chi connectivity index (χ1v) is 6.06. The second-order valence-corrected chi connectivity index (χ2v) is 4.49. The van der Waals surface area contributed by atoms with Crippen LogP contribution in [0.15, 0.2) is 23.3 Å². The molecule has 1 N–H and O–H groups in total. The van der Waals surface area contributed by atoms with Crippen molar-refractivity contribution < 1.29 is 5.11 Å². The van der Waals surface area contributed by atoms with Crippen LogP contribution in [0.2, 0.25) is 5.15 Å². The molecule has 0 fully saturated rings. The molecule has 0 aromatic carbocycles. The molecule has 0 atom stereocenters. The van der Waals surface area contributed by atoms with Crippen LogP contribution in [0.25, 0.3) is 0 Å². The van der Waals surface area contributed by atoms with E-state index in [-0.39, 0.29) is 11.6 Å². The molecule has 0 saturated heterocycles. The van der Waals surface area contributed by atoms with Gasteiger partial charge < -0.3 is 5.11 Å². The summed E-state index contributed by atoms with van der Waals surface area (Å²) in [5, 5.41) is 9.73. The van der Waals surface area contributed by atoms with Crippen LogP contribution in [0.5, 0.6) is 5.75 Å². The van der Waals surface area contributed by atoms with Gasteiger partial charge in [0, 0.05) is 16.7 Å².